The molecule has 0 bridgehead atoms. The van der Waals surface area contributed by atoms with E-state index in [0.717, 1.165) is 10.7 Å². The summed E-state index contributed by atoms with van der Waals surface area (Å²) in [5.74, 6) is 0.484. The Morgan fingerprint density at radius 3 is 2.67 bits per heavy atom. The van der Waals surface area contributed by atoms with E-state index in [9.17, 15) is 4.79 Å². The molecule has 7 heteroatoms. The van der Waals surface area contributed by atoms with Gasteiger partial charge in [0.15, 0.2) is 0 Å². The van der Waals surface area contributed by atoms with Crippen LogP contribution in [-0.4, -0.2) is 37.2 Å². The van der Waals surface area contributed by atoms with Gasteiger partial charge in [-0.05, 0) is 19.1 Å². The third-order valence-corrected chi connectivity index (χ3v) is 3.83. The Balaban J connectivity index is 2.21. The van der Waals surface area contributed by atoms with Crippen LogP contribution in [0.1, 0.15) is 21.1 Å². The van der Waals surface area contributed by atoms with Crippen molar-refractivity contribution in [1.82, 2.24) is 9.97 Å². The Bertz CT molecular complexity index is 642. The summed E-state index contributed by atoms with van der Waals surface area (Å²) in [4.78, 5) is 22.3. The highest BCUT2D eigenvalue weighted by molar-refractivity contribution is 7.09. The SMILES string of the molecule is COC(=O)c1ccc(N(C)Cc2nc(C)cs2)nc1OC. The monoisotopic (exact) mass is 307 g/mol. The number of nitrogens with zero attached hydrogens (tertiary/aromatic N) is 3. The molecule has 0 aliphatic rings. The quantitative estimate of drug-likeness (QED) is 0.790. The number of rotatable bonds is 5. The van der Waals surface area contributed by atoms with E-state index in [1.807, 2.05) is 24.3 Å². The van der Waals surface area contributed by atoms with E-state index in [2.05, 4.69) is 9.97 Å². The molecule has 0 aromatic carbocycles. The molecule has 0 radical (unpaired) electrons. The van der Waals surface area contributed by atoms with Crippen molar-refractivity contribution in [2.24, 2.45) is 0 Å². The summed E-state index contributed by atoms with van der Waals surface area (Å²) in [5, 5.41) is 3.02. The summed E-state index contributed by atoms with van der Waals surface area (Å²) in [6.45, 7) is 2.61. The van der Waals surface area contributed by atoms with E-state index in [4.69, 9.17) is 9.47 Å². The lowest BCUT2D eigenvalue weighted by molar-refractivity contribution is 0.0596. The molecule has 0 atom stereocenters. The van der Waals surface area contributed by atoms with Gasteiger partial charge in [0.2, 0.25) is 5.88 Å². The number of hydrogen-bond acceptors (Lipinski definition) is 7. The van der Waals surface area contributed by atoms with Crippen LogP contribution in [0, 0.1) is 6.92 Å². The third-order valence-electron chi connectivity index (χ3n) is 2.87. The number of ether oxygens (including phenoxy) is 2. The van der Waals surface area contributed by atoms with E-state index in [1.54, 1.807) is 23.5 Å². The fourth-order valence-electron chi connectivity index (χ4n) is 1.82. The van der Waals surface area contributed by atoms with Crippen molar-refractivity contribution in [1.29, 1.82) is 0 Å². The number of hydrogen-bond donors (Lipinski definition) is 0. The molecule has 112 valence electrons. The first-order valence-corrected chi connectivity index (χ1v) is 7.18. The van der Waals surface area contributed by atoms with E-state index in [1.165, 1.54) is 14.2 Å². The molecule has 0 fully saturated rings. The van der Waals surface area contributed by atoms with Gasteiger partial charge in [0.05, 0.1) is 20.8 Å². The Kier molecular flexibility index (Phi) is 4.74. The molecule has 0 aliphatic heterocycles. The normalized spacial score (nSPS) is 10.3. The zero-order chi connectivity index (χ0) is 15.4. The van der Waals surface area contributed by atoms with Gasteiger partial charge >= 0.3 is 5.97 Å². The molecule has 0 spiro atoms. The maximum absolute atomic E-state index is 11.6. The first-order valence-electron chi connectivity index (χ1n) is 6.30. The predicted octanol–water partition coefficient (Wildman–Crippen LogP) is 2.28. The van der Waals surface area contributed by atoms with Crippen LogP contribution in [0.2, 0.25) is 0 Å². The molecule has 21 heavy (non-hydrogen) atoms. The van der Waals surface area contributed by atoms with Crippen LogP contribution in [0.4, 0.5) is 5.82 Å². The summed E-state index contributed by atoms with van der Waals surface area (Å²) in [6.07, 6.45) is 0. The number of esters is 1. The molecule has 0 unspecified atom stereocenters. The molecule has 2 aromatic rings. The van der Waals surface area contributed by atoms with E-state index >= 15 is 0 Å². The Hall–Kier alpha value is -2.15. The highest BCUT2D eigenvalue weighted by Gasteiger charge is 2.16. The van der Waals surface area contributed by atoms with Crippen molar-refractivity contribution in [3.8, 4) is 5.88 Å². The minimum Gasteiger partial charge on any atom is -0.480 e. The van der Waals surface area contributed by atoms with E-state index in [-0.39, 0.29) is 5.88 Å². The summed E-state index contributed by atoms with van der Waals surface area (Å²) >= 11 is 1.61. The number of pyridine rings is 1. The van der Waals surface area contributed by atoms with Gasteiger partial charge in [-0.1, -0.05) is 0 Å². The van der Waals surface area contributed by atoms with Crippen LogP contribution in [0.25, 0.3) is 0 Å². The van der Waals surface area contributed by atoms with Crippen LogP contribution in [0.5, 0.6) is 5.88 Å². The first-order chi connectivity index (χ1) is 10.0. The molecule has 2 heterocycles. The van der Waals surface area contributed by atoms with Crippen LogP contribution >= 0.6 is 11.3 Å². The standard InChI is InChI=1S/C14H17N3O3S/c1-9-8-21-12(15-9)7-17(2)11-6-5-10(14(18)20-4)13(16-11)19-3/h5-6,8H,7H2,1-4H3. The van der Waals surface area contributed by atoms with Crippen LogP contribution in [0.3, 0.4) is 0 Å². The van der Waals surface area contributed by atoms with Crippen molar-refractivity contribution >= 4 is 23.1 Å². The number of thiazole rings is 1. The predicted molar refractivity (Wildman–Crippen MR) is 81.1 cm³/mol. The molecule has 2 rings (SSSR count). The Morgan fingerprint density at radius 1 is 1.33 bits per heavy atom. The lowest BCUT2D eigenvalue weighted by Gasteiger charge is -2.18. The van der Waals surface area contributed by atoms with Gasteiger partial charge < -0.3 is 14.4 Å². The fraction of sp³-hybridized carbons (Fsp3) is 0.357. The number of carbonyl (C=O) groups excluding carboxylic acids is 1. The summed E-state index contributed by atoms with van der Waals surface area (Å²) in [6, 6.07) is 3.41. The number of carbonyl (C=O) groups is 1. The molecular weight excluding hydrogens is 290 g/mol. The van der Waals surface area contributed by atoms with Crippen molar-refractivity contribution in [2.45, 2.75) is 13.5 Å². The minimum atomic E-state index is -0.468. The van der Waals surface area contributed by atoms with Crippen LogP contribution in [0.15, 0.2) is 17.5 Å². The van der Waals surface area contributed by atoms with Gasteiger partial charge in [-0.2, -0.15) is 4.98 Å². The van der Waals surface area contributed by atoms with Gasteiger partial charge in [0, 0.05) is 18.1 Å². The van der Waals surface area contributed by atoms with Gasteiger partial charge in [0.1, 0.15) is 16.4 Å². The van der Waals surface area contributed by atoms with E-state index < -0.39 is 5.97 Å². The topological polar surface area (TPSA) is 64.5 Å². The highest BCUT2D eigenvalue weighted by atomic mass is 32.1. The van der Waals surface area contributed by atoms with Crippen LogP contribution < -0.4 is 9.64 Å². The summed E-state index contributed by atoms with van der Waals surface area (Å²) in [5.41, 5.74) is 1.32. The Labute approximate surface area is 127 Å². The second-order valence-corrected chi connectivity index (χ2v) is 5.40. The molecular formula is C14H17N3O3S. The van der Waals surface area contributed by atoms with Gasteiger partial charge in [0.25, 0.3) is 0 Å². The molecule has 0 saturated carbocycles. The van der Waals surface area contributed by atoms with Crippen molar-refractivity contribution < 1.29 is 14.3 Å². The number of anilines is 1. The maximum atomic E-state index is 11.6. The summed E-state index contributed by atoms with van der Waals surface area (Å²) in [7, 11) is 4.71. The zero-order valence-electron chi connectivity index (χ0n) is 12.4. The van der Waals surface area contributed by atoms with Gasteiger partial charge in [-0.3, -0.25) is 0 Å². The average molecular weight is 307 g/mol. The Morgan fingerprint density at radius 2 is 2.10 bits per heavy atom. The molecule has 2 aromatic heterocycles. The average Bonchev–Trinajstić information content (AvgIpc) is 2.90. The second kappa shape index (κ2) is 6.53. The van der Waals surface area contributed by atoms with E-state index in [0.29, 0.717) is 17.9 Å². The number of aryl methyl sites for hydroxylation is 1. The first kappa shape index (κ1) is 15.2. The third kappa shape index (κ3) is 3.49. The van der Waals surface area contributed by atoms with Crippen molar-refractivity contribution in [3.63, 3.8) is 0 Å². The van der Waals surface area contributed by atoms with Gasteiger partial charge in [-0.25, -0.2) is 9.78 Å². The van der Waals surface area contributed by atoms with Crippen molar-refractivity contribution in [2.75, 3.05) is 26.2 Å². The molecule has 6 nitrogen and oxygen atoms in total. The molecule has 0 saturated heterocycles. The minimum absolute atomic E-state index is 0.251. The van der Waals surface area contributed by atoms with Crippen molar-refractivity contribution in [3.05, 3.63) is 33.8 Å². The van der Waals surface area contributed by atoms with Gasteiger partial charge in [-0.15, -0.1) is 11.3 Å². The highest BCUT2D eigenvalue weighted by Crippen LogP contribution is 2.22. The smallest absolute Gasteiger partial charge is 0.343 e. The maximum Gasteiger partial charge on any atom is 0.343 e. The number of aromatic nitrogens is 2. The summed E-state index contributed by atoms with van der Waals surface area (Å²) < 4.78 is 9.86. The fourth-order valence-corrected chi connectivity index (χ4v) is 2.65. The lowest BCUT2D eigenvalue weighted by atomic mass is 10.2. The second-order valence-electron chi connectivity index (χ2n) is 4.46. The van der Waals surface area contributed by atoms with Crippen LogP contribution in [-0.2, 0) is 11.3 Å². The number of methoxy groups -OCH3 is 2. The molecule has 0 amide bonds. The molecule has 0 N–H and O–H groups in total. The zero-order valence-corrected chi connectivity index (χ0v) is 13.2. The largest absolute Gasteiger partial charge is 0.480 e. The molecule has 0 aliphatic carbocycles. The lowest BCUT2D eigenvalue weighted by Crippen LogP contribution is -2.18.